The van der Waals surface area contributed by atoms with Crippen LogP contribution in [0.25, 0.3) is 0 Å². The molecule has 2 heterocycles. The van der Waals surface area contributed by atoms with E-state index < -0.39 is 0 Å². The number of rotatable bonds is 6. The molecule has 1 aliphatic rings. The van der Waals surface area contributed by atoms with E-state index in [1.54, 1.807) is 13.2 Å². The van der Waals surface area contributed by atoms with Gasteiger partial charge < -0.3 is 19.9 Å². The molecule has 0 spiro atoms. The molecule has 6 nitrogen and oxygen atoms in total. The minimum Gasteiger partial charge on any atom is -0.383 e. The fourth-order valence-corrected chi connectivity index (χ4v) is 2.43. The number of nitrogens with zero attached hydrogens (tertiary/aromatic N) is 2. The van der Waals surface area contributed by atoms with Crippen molar-refractivity contribution in [1.29, 1.82) is 5.26 Å². The van der Waals surface area contributed by atoms with Crippen LogP contribution >= 0.6 is 0 Å². The first-order chi connectivity index (χ1) is 9.72. The first-order valence-corrected chi connectivity index (χ1v) is 6.81. The maximum atomic E-state index is 11.9. The molecular formula is C14H20N4O2. The van der Waals surface area contributed by atoms with Crippen LogP contribution in [-0.2, 0) is 4.74 Å². The zero-order valence-electron chi connectivity index (χ0n) is 11.7. The molecule has 0 unspecified atom stereocenters. The molecule has 1 aromatic heterocycles. The lowest BCUT2D eigenvalue weighted by Crippen LogP contribution is -2.31. The zero-order chi connectivity index (χ0) is 14.4. The molecule has 108 valence electrons. The number of aromatic nitrogens is 1. The highest BCUT2D eigenvalue weighted by Gasteiger charge is 2.22. The summed E-state index contributed by atoms with van der Waals surface area (Å²) < 4.78 is 5.07. The predicted octanol–water partition coefficient (Wildman–Crippen LogP) is 0.584. The third-order valence-electron chi connectivity index (χ3n) is 3.59. The summed E-state index contributed by atoms with van der Waals surface area (Å²) in [6, 6.07) is 3.56. The van der Waals surface area contributed by atoms with E-state index >= 15 is 0 Å². The van der Waals surface area contributed by atoms with E-state index in [9.17, 15) is 4.79 Å². The molecule has 20 heavy (non-hydrogen) atoms. The molecule has 1 aliphatic heterocycles. The van der Waals surface area contributed by atoms with E-state index in [2.05, 4.69) is 15.2 Å². The van der Waals surface area contributed by atoms with Crippen molar-refractivity contribution in [2.45, 2.75) is 6.42 Å². The van der Waals surface area contributed by atoms with Crippen molar-refractivity contribution >= 4 is 5.91 Å². The second-order valence-electron chi connectivity index (χ2n) is 5.07. The number of methoxy groups -OCH3 is 1. The Bertz CT molecular complexity index is 492. The summed E-state index contributed by atoms with van der Waals surface area (Å²) in [5.74, 6) is 0.336. The summed E-state index contributed by atoms with van der Waals surface area (Å²) in [6.45, 7) is 4.42. The Kier molecular flexibility index (Phi) is 5.16. The normalized spacial score (nSPS) is 18.9. The van der Waals surface area contributed by atoms with Gasteiger partial charge in [0.1, 0.15) is 11.8 Å². The van der Waals surface area contributed by atoms with E-state index in [0.717, 1.165) is 32.7 Å². The Hall–Kier alpha value is -1.84. The molecule has 0 aliphatic carbocycles. The van der Waals surface area contributed by atoms with Crippen LogP contribution < -0.4 is 5.32 Å². The molecule has 1 fully saturated rings. The van der Waals surface area contributed by atoms with Gasteiger partial charge in [-0.25, -0.2) is 0 Å². The largest absolute Gasteiger partial charge is 0.383 e. The van der Waals surface area contributed by atoms with Gasteiger partial charge in [-0.05, 0) is 24.9 Å². The number of hydrogen-bond donors (Lipinski definition) is 2. The monoisotopic (exact) mass is 276 g/mol. The topological polar surface area (TPSA) is 81.2 Å². The maximum Gasteiger partial charge on any atom is 0.267 e. The van der Waals surface area contributed by atoms with Gasteiger partial charge in [0.05, 0.1) is 12.2 Å². The second kappa shape index (κ2) is 7.08. The molecule has 1 saturated heterocycles. The van der Waals surface area contributed by atoms with Gasteiger partial charge in [-0.3, -0.25) is 4.79 Å². The lowest BCUT2D eigenvalue weighted by atomic mass is 10.1. The van der Waals surface area contributed by atoms with Crippen molar-refractivity contribution in [3.63, 3.8) is 0 Å². The highest BCUT2D eigenvalue weighted by molar-refractivity contribution is 5.92. The number of ether oxygens (including phenoxy) is 1. The molecule has 1 amide bonds. The Morgan fingerprint density at radius 2 is 2.55 bits per heavy atom. The van der Waals surface area contributed by atoms with Crippen LogP contribution in [0.15, 0.2) is 12.3 Å². The second-order valence-corrected chi connectivity index (χ2v) is 5.07. The number of nitriles is 1. The third kappa shape index (κ3) is 3.83. The Labute approximate surface area is 118 Å². The number of carbonyl (C=O) groups excluding carboxylic acids is 1. The fraction of sp³-hybridized carbons (Fsp3) is 0.571. The average molecular weight is 276 g/mol. The van der Waals surface area contributed by atoms with Gasteiger partial charge in [0.25, 0.3) is 5.91 Å². The average Bonchev–Trinajstić information content (AvgIpc) is 3.11. The van der Waals surface area contributed by atoms with E-state index in [-0.39, 0.29) is 5.91 Å². The molecule has 0 radical (unpaired) electrons. The Morgan fingerprint density at radius 3 is 3.25 bits per heavy atom. The van der Waals surface area contributed by atoms with Gasteiger partial charge in [-0.15, -0.1) is 0 Å². The maximum absolute atomic E-state index is 11.9. The van der Waals surface area contributed by atoms with Crippen LogP contribution in [0.2, 0.25) is 0 Å². The Balaban J connectivity index is 1.73. The summed E-state index contributed by atoms with van der Waals surface area (Å²) in [7, 11) is 1.71. The predicted molar refractivity (Wildman–Crippen MR) is 74.3 cm³/mol. The van der Waals surface area contributed by atoms with Gasteiger partial charge in [0, 0.05) is 32.9 Å². The highest BCUT2D eigenvalue weighted by atomic mass is 16.5. The van der Waals surface area contributed by atoms with Crippen molar-refractivity contribution in [2.75, 3.05) is 39.9 Å². The van der Waals surface area contributed by atoms with Gasteiger partial charge in [-0.2, -0.15) is 5.26 Å². The number of aromatic amines is 1. The van der Waals surface area contributed by atoms with Crippen LogP contribution in [0.4, 0.5) is 0 Å². The van der Waals surface area contributed by atoms with Gasteiger partial charge in [-0.1, -0.05) is 0 Å². The number of nitrogens with one attached hydrogen (secondary N) is 2. The highest BCUT2D eigenvalue weighted by Crippen LogP contribution is 2.15. The molecule has 0 saturated carbocycles. The lowest BCUT2D eigenvalue weighted by Gasteiger charge is -2.15. The summed E-state index contributed by atoms with van der Waals surface area (Å²) in [6.07, 6.45) is 2.63. The standard InChI is InChI=1S/C14H20N4O2/c1-20-5-4-18-3-2-11(10-18)8-17-14(19)13-6-12(7-15)9-16-13/h6,9,11,16H,2-5,8,10H2,1H3,(H,17,19)/t11-/m0/s1. The van der Waals surface area contributed by atoms with E-state index in [1.165, 1.54) is 6.20 Å². The van der Waals surface area contributed by atoms with Gasteiger partial charge in [0.2, 0.25) is 0 Å². The van der Waals surface area contributed by atoms with Crippen molar-refractivity contribution in [3.05, 3.63) is 23.5 Å². The first-order valence-electron chi connectivity index (χ1n) is 6.81. The van der Waals surface area contributed by atoms with E-state index in [0.29, 0.717) is 23.7 Å². The number of likely N-dealkylation sites (tertiary alicyclic amines) is 1. The molecule has 2 N–H and O–H groups in total. The Morgan fingerprint density at radius 1 is 1.70 bits per heavy atom. The zero-order valence-corrected chi connectivity index (χ0v) is 11.7. The van der Waals surface area contributed by atoms with Crippen LogP contribution in [0, 0.1) is 17.2 Å². The SMILES string of the molecule is COCCN1CC[C@@H](CNC(=O)c2cc(C#N)c[nH]2)C1. The third-order valence-corrected chi connectivity index (χ3v) is 3.59. The number of hydrogen-bond acceptors (Lipinski definition) is 4. The van der Waals surface area contributed by atoms with Crippen LogP contribution in [-0.4, -0.2) is 55.7 Å². The molecule has 2 rings (SSSR count). The van der Waals surface area contributed by atoms with Crippen LogP contribution in [0.3, 0.4) is 0 Å². The number of carbonyl (C=O) groups is 1. The molecule has 0 bridgehead atoms. The van der Waals surface area contributed by atoms with Gasteiger partial charge >= 0.3 is 0 Å². The molecular weight excluding hydrogens is 256 g/mol. The van der Waals surface area contributed by atoms with Crippen LogP contribution in [0.1, 0.15) is 22.5 Å². The minimum absolute atomic E-state index is 0.151. The van der Waals surface area contributed by atoms with Crippen molar-refractivity contribution in [2.24, 2.45) is 5.92 Å². The van der Waals surface area contributed by atoms with Gasteiger partial charge in [0.15, 0.2) is 0 Å². The van der Waals surface area contributed by atoms with Crippen molar-refractivity contribution < 1.29 is 9.53 Å². The minimum atomic E-state index is -0.151. The molecule has 6 heteroatoms. The van der Waals surface area contributed by atoms with Crippen LogP contribution in [0.5, 0.6) is 0 Å². The number of amides is 1. The molecule has 1 atom stereocenters. The first kappa shape index (κ1) is 14.6. The summed E-state index contributed by atoms with van der Waals surface area (Å²) >= 11 is 0. The van der Waals surface area contributed by atoms with Crippen molar-refractivity contribution in [3.8, 4) is 6.07 Å². The lowest BCUT2D eigenvalue weighted by molar-refractivity contribution is 0.0942. The summed E-state index contributed by atoms with van der Waals surface area (Å²) in [5, 5.41) is 11.6. The summed E-state index contributed by atoms with van der Waals surface area (Å²) in [5.41, 5.74) is 0.914. The summed E-state index contributed by atoms with van der Waals surface area (Å²) in [4.78, 5) is 17.1. The quantitative estimate of drug-likeness (QED) is 0.796. The molecule has 0 aromatic carbocycles. The fourth-order valence-electron chi connectivity index (χ4n) is 2.43. The number of H-pyrrole nitrogens is 1. The van der Waals surface area contributed by atoms with E-state index in [4.69, 9.17) is 10.00 Å². The van der Waals surface area contributed by atoms with Crippen molar-refractivity contribution in [1.82, 2.24) is 15.2 Å². The smallest absolute Gasteiger partial charge is 0.267 e. The molecule has 1 aromatic rings. The van der Waals surface area contributed by atoms with E-state index in [1.807, 2.05) is 6.07 Å².